The van der Waals surface area contributed by atoms with Crippen molar-refractivity contribution < 1.29 is 9.90 Å². The Kier molecular flexibility index (Phi) is 4.87. The van der Waals surface area contributed by atoms with Gasteiger partial charge in [-0.2, -0.15) is 9.78 Å². The Morgan fingerprint density at radius 2 is 1.92 bits per heavy atom. The molecule has 132 valence electrons. The van der Waals surface area contributed by atoms with E-state index in [1.807, 2.05) is 11.8 Å². The lowest BCUT2D eigenvalue weighted by molar-refractivity contribution is 0.136. The van der Waals surface area contributed by atoms with E-state index in [-0.39, 0.29) is 11.1 Å². The standard InChI is InChI=1S/C16H16Cl2N4O3/c1-10-9-20(16(24)25)6-7-21(10)13-8-19-22(15(23)14(13)18)12-4-2-11(17)3-5-12/h2-5,8,10H,6-7,9H2,1H3,(H,24,25). The molecule has 0 saturated carbocycles. The van der Waals surface area contributed by atoms with Crippen LogP contribution in [-0.2, 0) is 0 Å². The summed E-state index contributed by atoms with van der Waals surface area (Å²) < 4.78 is 1.21. The van der Waals surface area contributed by atoms with Gasteiger partial charge in [-0.15, -0.1) is 0 Å². The number of carbonyl (C=O) groups is 1. The maximum absolute atomic E-state index is 12.6. The van der Waals surface area contributed by atoms with Crippen molar-refractivity contribution >= 4 is 35.0 Å². The summed E-state index contributed by atoms with van der Waals surface area (Å²) in [5.41, 5.74) is 0.635. The molecule has 1 aromatic carbocycles. The fourth-order valence-electron chi connectivity index (χ4n) is 2.88. The molecule has 1 atom stereocenters. The number of amides is 1. The van der Waals surface area contributed by atoms with Crippen molar-refractivity contribution in [2.24, 2.45) is 0 Å². The number of piperazine rings is 1. The van der Waals surface area contributed by atoms with E-state index in [1.54, 1.807) is 24.3 Å². The summed E-state index contributed by atoms with van der Waals surface area (Å²) in [5.74, 6) is 0. The number of anilines is 1. The number of carboxylic acid groups (broad SMARTS) is 1. The molecular weight excluding hydrogens is 367 g/mol. The third-order valence-corrected chi connectivity index (χ3v) is 4.79. The van der Waals surface area contributed by atoms with Gasteiger partial charge in [0.1, 0.15) is 5.02 Å². The van der Waals surface area contributed by atoms with E-state index >= 15 is 0 Å². The highest BCUT2D eigenvalue weighted by Gasteiger charge is 2.29. The lowest BCUT2D eigenvalue weighted by Gasteiger charge is -2.40. The maximum atomic E-state index is 12.6. The zero-order chi connectivity index (χ0) is 18.1. The molecule has 1 aliphatic rings. The van der Waals surface area contributed by atoms with Crippen molar-refractivity contribution in [1.82, 2.24) is 14.7 Å². The second-order valence-electron chi connectivity index (χ2n) is 5.81. The summed E-state index contributed by atoms with van der Waals surface area (Å²) in [6.45, 7) is 3.01. The molecular formula is C16H16Cl2N4O3. The van der Waals surface area contributed by atoms with Crippen LogP contribution in [-0.4, -0.2) is 51.6 Å². The van der Waals surface area contributed by atoms with Gasteiger partial charge in [0.05, 0.1) is 17.6 Å². The monoisotopic (exact) mass is 382 g/mol. The second-order valence-corrected chi connectivity index (χ2v) is 6.62. The minimum Gasteiger partial charge on any atom is -0.465 e. The lowest BCUT2D eigenvalue weighted by atomic mass is 10.2. The molecule has 1 saturated heterocycles. The predicted molar refractivity (Wildman–Crippen MR) is 96.3 cm³/mol. The largest absolute Gasteiger partial charge is 0.465 e. The first-order chi connectivity index (χ1) is 11.9. The molecule has 7 nitrogen and oxygen atoms in total. The molecule has 1 aromatic heterocycles. The topological polar surface area (TPSA) is 78.7 Å². The van der Waals surface area contributed by atoms with Crippen molar-refractivity contribution in [3.05, 3.63) is 50.9 Å². The maximum Gasteiger partial charge on any atom is 0.407 e. The van der Waals surface area contributed by atoms with Crippen molar-refractivity contribution in [3.63, 3.8) is 0 Å². The average molecular weight is 383 g/mol. The molecule has 1 fully saturated rings. The summed E-state index contributed by atoms with van der Waals surface area (Å²) in [7, 11) is 0. The van der Waals surface area contributed by atoms with Crippen molar-refractivity contribution in [2.45, 2.75) is 13.0 Å². The van der Waals surface area contributed by atoms with Gasteiger partial charge in [-0.05, 0) is 31.2 Å². The Morgan fingerprint density at radius 3 is 2.52 bits per heavy atom. The molecule has 25 heavy (non-hydrogen) atoms. The van der Waals surface area contributed by atoms with Crippen LogP contribution in [0.2, 0.25) is 10.0 Å². The zero-order valence-electron chi connectivity index (χ0n) is 13.4. The summed E-state index contributed by atoms with van der Waals surface area (Å²) in [6, 6.07) is 6.58. The van der Waals surface area contributed by atoms with Crippen molar-refractivity contribution in [1.29, 1.82) is 0 Å². The molecule has 0 bridgehead atoms. The van der Waals surface area contributed by atoms with Gasteiger partial charge in [0, 0.05) is 30.7 Å². The minimum absolute atomic E-state index is 0.0561. The molecule has 1 N–H and O–H groups in total. The first kappa shape index (κ1) is 17.6. The predicted octanol–water partition coefficient (Wildman–Crippen LogP) is 2.73. The number of nitrogens with zero attached hydrogens (tertiary/aromatic N) is 4. The van der Waals surface area contributed by atoms with Crippen LogP contribution >= 0.6 is 23.2 Å². The van der Waals surface area contributed by atoms with Crippen LogP contribution in [0.1, 0.15) is 6.92 Å². The quantitative estimate of drug-likeness (QED) is 0.863. The van der Waals surface area contributed by atoms with Crippen LogP contribution in [0, 0.1) is 0 Å². The van der Waals surface area contributed by atoms with Crippen LogP contribution < -0.4 is 10.5 Å². The molecule has 9 heteroatoms. The zero-order valence-corrected chi connectivity index (χ0v) is 14.9. The van der Waals surface area contributed by atoms with Crippen LogP contribution in [0.25, 0.3) is 5.69 Å². The average Bonchev–Trinajstić information content (AvgIpc) is 2.58. The Morgan fingerprint density at radius 1 is 1.24 bits per heavy atom. The molecule has 0 aliphatic carbocycles. The highest BCUT2D eigenvalue weighted by molar-refractivity contribution is 6.33. The number of hydrogen-bond acceptors (Lipinski definition) is 4. The Bertz CT molecular complexity index is 853. The van der Waals surface area contributed by atoms with Gasteiger partial charge in [-0.1, -0.05) is 23.2 Å². The molecule has 0 radical (unpaired) electrons. The van der Waals surface area contributed by atoms with Crippen molar-refractivity contribution in [3.8, 4) is 5.69 Å². The first-order valence-electron chi connectivity index (χ1n) is 7.66. The van der Waals surface area contributed by atoms with E-state index in [1.165, 1.54) is 15.8 Å². The Hall–Kier alpha value is -2.25. The molecule has 3 rings (SSSR count). The number of benzene rings is 1. The molecule has 1 amide bonds. The second kappa shape index (κ2) is 6.93. The van der Waals surface area contributed by atoms with Crippen LogP contribution in [0.15, 0.2) is 35.3 Å². The summed E-state index contributed by atoms with van der Waals surface area (Å²) in [4.78, 5) is 26.9. The van der Waals surface area contributed by atoms with Crippen LogP contribution in [0.3, 0.4) is 0 Å². The molecule has 2 heterocycles. The van der Waals surface area contributed by atoms with E-state index in [4.69, 9.17) is 28.3 Å². The summed E-state index contributed by atoms with van der Waals surface area (Å²) in [6.07, 6.45) is 0.583. The number of aromatic nitrogens is 2. The van der Waals surface area contributed by atoms with Gasteiger partial charge >= 0.3 is 6.09 Å². The lowest BCUT2D eigenvalue weighted by Crippen LogP contribution is -2.53. The highest BCUT2D eigenvalue weighted by atomic mass is 35.5. The molecule has 1 unspecified atom stereocenters. The van der Waals surface area contributed by atoms with Gasteiger partial charge in [-0.25, -0.2) is 4.79 Å². The third-order valence-electron chi connectivity index (χ3n) is 4.18. The normalized spacial score (nSPS) is 17.6. The highest BCUT2D eigenvalue weighted by Crippen LogP contribution is 2.26. The number of hydrogen-bond donors (Lipinski definition) is 1. The summed E-state index contributed by atoms with van der Waals surface area (Å²) >= 11 is 12.2. The smallest absolute Gasteiger partial charge is 0.407 e. The molecule has 1 aliphatic heterocycles. The summed E-state index contributed by atoms with van der Waals surface area (Å²) in [5, 5.41) is 13.9. The van der Waals surface area contributed by atoms with Crippen molar-refractivity contribution in [2.75, 3.05) is 24.5 Å². The van der Waals surface area contributed by atoms with E-state index in [2.05, 4.69) is 5.10 Å². The Balaban J connectivity index is 1.92. The fourth-order valence-corrected chi connectivity index (χ4v) is 3.24. The number of halogens is 2. The number of rotatable bonds is 2. The van der Waals surface area contributed by atoms with Gasteiger partial charge in [-0.3, -0.25) is 4.79 Å². The van der Waals surface area contributed by atoms with E-state index in [0.29, 0.717) is 36.0 Å². The fraction of sp³-hybridized carbons (Fsp3) is 0.312. The SMILES string of the molecule is CC1CN(C(=O)O)CCN1c1cnn(-c2ccc(Cl)cc2)c(=O)c1Cl. The van der Waals surface area contributed by atoms with Gasteiger partial charge in [0.15, 0.2) is 0 Å². The molecule has 0 spiro atoms. The van der Waals surface area contributed by atoms with E-state index in [0.717, 1.165) is 0 Å². The van der Waals surface area contributed by atoms with Gasteiger partial charge < -0.3 is 14.9 Å². The van der Waals surface area contributed by atoms with Gasteiger partial charge in [0.2, 0.25) is 0 Å². The van der Waals surface area contributed by atoms with Gasteiger partial charge in [0.25, 0.3) is 5.56 Å². The minimum atomic E-state index is -0.950. The third kappa shape index (κ3) is 3.43. The first-order valence-corrected chi connectivity index (χ1v) is 8.42. The van der Waals surface area contributed by atoms with E-state index in [9.17, 15) is 9.59 Å². The van der Waals surface area contributed by atoms with Crippen LogP contribution in [0.4, 0.5) is 10.5 Å². The molecule has 2 aromatic rings. The Labute approximate surface area is 154 Å². The van der Waals surface area contributed by atoms with E-state index < -0.39 is 11.7 Å². The van der Waals surface area contributed by atoms with Crippen LogP contribution in [0.5, 0.6) is 0 Å².